The highest BCUT2D eigenvalue weighted by Gasteiger charge is 2.28. The van der Waals surface area contributed by atoms with Gasteiger partial charge in [0, 0.05) is 4.57 Å². The van der Waals surface area contributed by atoms with Crippen LogP contribution < -0.4 is 0 Å². The third-order valence-corrected chi connectivity index (χ3v) is 1.73. The van der Waals surface area contributed by atoms with Crippen LogP contribution >= 0.6 is 8.25 Å². The van der Waals surface area contributed by atoms with Gasteiger partial charge in [-0.05, 0) is 27.7 Å². The first-order valence-electron chi connectivity index (χ1n) is 4.28. The summed E-state index contributed by atoms with van der Waals surface area (Å²) in [6.07, 6.45) is 0. The van der Waals surface area contributed by atoms with E-state index < -0.39 is 19.5 Å². The molecule has 0 aliphatic carbocycles. The van der Waals surface area contributed by atoms with Crippen LogP contribution in [0.3, 0.4) is 0 Å². The van der Waals surface area contributed by atoms with Crippen molar-refractivity contribution in [1.29, 1.82) is 0 Å². The van der Waals surface area contributed by atoms with Crippen LogP contribution in [0.25, 0.3) is 0 Å². The monoisotopic (exact) mass is 225 g/mol. The predicted molar refractivity (Wildman–Crippen MR) is 52.1 cm³/mol. The lowest BCUT2D eigenvalue weighted by Gasteiger charge is -2.13. The molecule has 0 bridgehead atoms. The molecule has 0 unspecified atom stereocenters. The maximum atomic E-state index is 11.0. The fourth-order valence-electron chi connectivity index (χ4n) is 0.459. The molecule has 5 nitrogen and oxygen atoms in total. The van der Waals surface area contributed by atoms with Gasteiger partial charge in [-0.1, -0.05) is 0 Å². The lowest BCUT2D eigenvalue weighted by molar-refractivity contribution is 0.00669. The van der Waals surface area contributed by atoms with E-state index in [-0.39, 0.29) is 13.2 Å². The maximum Gasteiger partial charge on any atom is 0.697 e. The molecule has 0 aromatic carbocycles. The van der Waals surface area contributed by atoms with Gasteiger partial charge in [0.1, 0.15) is 13.2 Å². The molecule has 0 amide bonds. The zero-order valence-corrected chi connectivity index (χ0v) is 9.88. The molecule has 2 N–H and O–H groups in total. The van der Waals surface area contributed by atoms with Crippen LogP contribution in [0, 0.1) is 0 Å². The van der Waals surface area contributed by atoms with Gasteiger partial charge in [-0.15, -0.1) is 9.05 Å². The van der Waals surface area contributed by atoms with Crippen molar-refractivity contribution in [3.8, 4) is 0 Å². The van der Waals surface area contributed by atoms with Crippen LogP contribution in [0.5, 0.6) is 0 Å². The Bertz CT molecular complexity index is 171. The van der Waals surface area contributed by atoms with E-state index in [0.29, 0.717) is 0 Å². The van der Waals surface area contributed by atoms with E-state index >= 15 is 0 Å². The molecule has 0 aliphatic heterocycles. The second-order valence-corrected chi connectivity index (χ2v) is 5.36. The van der Waals surface area contributed by atoms with Crippen molar-refractivity contribution >= 4 is 8.25 Å². The van der Waals surface area contributed by atoms with Crippen LogP contribution in [-0.2, 0) is 13.6 Å². The summed E-state index contributed by atoms with van der Waals surface area (Å²) < 4.78 is 20.5. The Balaban J connectivity index is 3.68. The van der Waals surface area contributed by atoms with Gasteiger partial charge in [-0.25, -0.2) is 0 Å². The van der Waals surface area contributed by atoms with Crippen LogP contribution in [0.2, 0.25) is 0 Å². The molecule has 14 heavy (non-hydrogen) atoms. The third-order valence-electron chi connectivity index (χ3n) is 1.05. The molecule has 0 aromatic rings. The summed E-state index contributed by atoms with van der Waals surface area (Å²) in [6.45, 7) is 5.98. The Kier molecular flexibility index (Phi) is 5.12. The minimum absolute atomic E-state index is 0.0753. The molecule has 6 heteroatoms. The lowest BCUT2D eigenvalue weighted by Crippen LogP contribution is -2.26. The van der Waals surface area contributed by atoms with Gasteiger partial charge in [0.2, 0.25) is 0 Å². The zero-order chi connectivity index (χ0) is 11.4. The molecule has 0 saturated heterocycles. The van der Waals surface area contributed by atoms with Crippen LogP contribution in [0.4, 0.5) is 0 Å². The van der Waals surface area contributed by atoms with E-state index in [1.54, 1.807) is 0 Å². The summed E-state index contributed by atoms with van der Waals surface area (Å²) in [5.74, 6) is 0. The first kappa shape index (κ1) is 13.9. The summed E-state index contributed by atoms with van der Waals surface area (Å²) in [7, 11) is -2.28. The average molecular weight is 225 g/mol. The Morgan fingerprint density at radius 1 is 1.00 bits per heavy atom. The minimum Gasteiger partial charge on any atom is -0.388 e. The Labute approximate surface area is 85.0 Å². The number of aliphatic hydroxyl groups is 2. The molecule has 0 heterocycles. The van der Waals surface area contributed by atoms with Gasteiger partial charge in [0.25, 0.3) is 0 Å². The molecule has 0 rings (SSSR count). The summed E-state index contributed by atoms with van der Waals surface area (Å²) >= 11 is 0. The second kappa shape index (κ2) is 5.14. The van der Waals surface area contributed by atoms with Crippen molar-refractivity contribution in [3.05, 3.63) is 0 Å². The lowest BCUT2D eigenvalue weighted by atomic mass is 10.2. The van der Waals surface area contributed by atoms with Gasteiger partial charge in [-0.2, -0.15) is 0 Å². The van der Waals surface area contributed by atoms with E-state index in [1.807, 2.05) is 0 Å². The van der Waals surface area contributed by atoms with Crippen LogP contribution in [0.1, 0.15) is 27.7 Å². The molecular formula is C8H18O5P+. The van der Waals surface area contributed by atoms with E-state index in [1.165, 1.54) is 27.7 Å². The second-order valence-electron chi connectivity index (χ2n) is 4.40. The fraction of sp³-hybridized carbons (Fsp3) is 1.00. The normalized spacial score (nSPS) is 13.0. The first-order valence-corrected chi connectivity index (χ1v) is 5.37. The molecule has 0 fully saturated rings. The molecule has 84 valence electrons. The molecule has 0 atom stereocenters. The quantitative estimate of drug-likeness (QED) is 0.664. The third kappa shape index (κ3) is 10.0. The van der Waals surface area contributed by atoms with Gasteiger partial charge in [0.05, 0.1) is 11.2 Å². The van der Waals surface area contributed by atoms with Crippen molar-refractivity contribution in [2.75, 3.05) is 13.2 Å². The van der Waals surface area contributed by atoms with E-state index in [2.05, 4.69) is 0 Å². The highest BCUT2D eigenvalue weighted by Crippen LogP contribution is 2.26. The first-order chi connectivity index (χ1) is 6.10. The van der Waals surface area contributed by atoms with Gasteiger partial charge in [0.15, 0.2) is 0 Å². The summed E-state index contributed by atoms with van der Waals surface area (Å²) in [4.78, 5) is 0. The summed E-state index contributed by atoms with van der Waals surface area (Å²) in [5, 5.41) is 18.5. The smallest absolute Gasteiger partial charge is 0.388 e. The number of hydrogen-bond acceptors (Lipinski definition) is 5. The zero-order valence-electron chi connectivity index (χ0n) is 8.98. The maximum absolute atomic E-state index is 11.0. The average Bonchev–Trinajstić information content (AvgIpc) is 1.94. The minimum atomic E-state index is -2.28. The van der Waals surface area contributed by atoms with Gasteiger partial charge < -0.3 is 10.2 Å². The summed E-state index contributed by atoms with van der Waals surface area (Å²) in [5.41, 5.74) is -2.08. The van der Waals surface area contributed by atoms with Crippen molar-refractivity contribution in [2.45, 2.75) is 38.9 Å². The molecule has 0 spiro atoms. The summed E-state index contributed by atoms with van der Waals surface area (Å²) in [6, 6.07) is 0. The topological polar surface area (TPSA) is 76.0 Å². The number of rotatable bonds is 6. The highest BCUT2D eigenvalue weighted by atomic mass is 31.1. The molecule has 0 radical (unpaired) electrons. The van der Waals surface area contributed by atoms with E-state index in [0.717, 1.165) is 0 Å². The predicted octanol–water partition coefficient (Wildman–Crippen LogP) is 1.22. The standard InChI is InChI=1S/C8H18O5P/c1-7(2,9)5-12-14(11)13-6-8(3,4)10/h9-10H,5-6H2,1-4H3/q+1. The largest absolute Gasteiger partial charge is 0.697 e. The Morgan fingerprint density at radius 3 is 1.50 bits per heavy atom. The van der Waals surface area contributed by atoms with Gasteiger partial charge in [-0.3, -0.25) is 0 Å². The molecular weight excluding hydrogens is 207 g/mol. The van der Waals surface area contributed by atoms with Crippen molar-refractivity contribution in [1.82, 2.24) is 0 Å². The van der Waals surface area contributed by atoms with Crippen LogP contribution in [-0.4, -0.2) is 34.6 Å². The van der Waals surface area contributed by atoms with E-state index in [9.17, 15) is 14.8 Å². The Hall–Kier alpha value is -0.0600. The van der Waals surface area contributed by atoms with Gasteiger partial charge >= 0.3 is 8.25 Å². The van der Waals surface area contributed by atoms with Crippen molar-refractivity contribution in [3.63, 3.8) is 0 Å². The van der Waals surface area contributed by atoms with Crippen molar-refractivity contribution < 1.29 is 23.8 Å². The highest BCUT2D eigenvalue weighted by molar-refractivity contribution is 7.33. The molecule has 0 saturated carbocycles. The molecule has 0 aromatic heterocycles. The van der Waals surface area contributed by atoms with Crippen LogP contribution in [0.15, 0.2) is 0 Å². The molecule has 0 aliphatic rings. The fourth-order valence-corrected chi connectivity index (χ4v) is 1.38. The van der Waals surface area contributed by atoms with Crippen molar-refractivity contribution in [2.24, 2.45) is 0 Å². The van der Waals surface area contributed by atoms with E-state index in [4.69, 9.17) is 9.05 Å². The number of hydrogen-bond donors (Lipinski definition) is 2. The Morgan fingerprint density at radius 2 is 1.29 bits per heavy atom. The SMILES string of the molecule is CC(C)(O)CO[P+](=O)OCC(C)(C)O.